The van der Waals surface area contributed by atoms with Crippen LogP contribution < -0.4 is 10.6 Å². The molecule has 2 heterocycles. The summed E-state index contributed by atoms with van der Waals surface area (Å²) in [4.78, 5) is 22.5. The molecule has 0 amide bonds. The Morgan fingerprint density at radius 1 is 1.12 bits per heavy atom. The number of carbonyl (C=O) groups excluding carboxylic acids is 2. The fourth-order valence-corrected chi connectivity index (χ4v) is 3.95. The minimum Gasteiger partial charge on any atom is -0.465 e. The molecule has 3 N–H and O–H groups in total. The number of fused-ring (bicyclic) bond motifs is 1. The zero-order valence-electron chi connectivity index (χ0n) is 20.2. The molecule has 0 aromatic heterocycles. The number of aliphatic hydroxyl groups is 1. The van der Waals surface area contributed by atoms with Crippen LogP contribution in [-0.2, 0) is 19.1 Å². The molecule has 33 heavy (non-hydrogen) atoms. The van der Waals surface area contributed by atoms with Gasteiger partial charge in [-0.25, -0.2) is 4.79 Å². The van der Waals surface area contributed by atoms with Crippen molar-refractivity contribution in [1.82, 2.24) is 10.6 Å². The van der Waals surface area contributed by atoms with E-state index in [1.807, 2.05) is 19.9 Å². The third kappa shape index (κ3) is 8.11. The number of hydrogen-bond donors (Lipinski definition) is 3. The van der Waals surface area contributed by atoms with Gasteiger partial charge in [-0.2, -0.15) is 0 Å². The number of rotatable bonds is 8. The largest absolute Gasteiger partial charge is 0.465 e. The molecule has 0 aromatic rings. The molecule has 182 valence electrons. The number of hydrogen-bond acceptors (Lipinski definition) is 7. The van der Waals surface area contributed by atoms with Crippen molar-refractivity contribution in [3.05, 3.63) is 58.7 Å². The molecule has 7 nitrogen and oxygen atoms in total. The molecule has 3 atom stereocenters. The Morgan fingerprint density at radius 2 is 1.88 bits per heavy atom. The summed E-state index contributed by atoms with van der Waals surface area (Å²) >= 11 is 0. The number of cyclic esters (lactones) is 2. The smallest absolute Gasteiger partial charge is 0.331 e. The van der Waals surface area contributed by atoms with E-state index in [2.05, 4.69) is 30.6 Å². The molecule has 0 aromatic carbocycles. The maximum atomic E-state index is 11.4. The highest BCUT2D eigenvalue weighted by Gasteiger charge is 2.38. The first-order chi connectivity index (χ1) is 15.9. The molecule has 3 rings (SSSR count). The van der Waals surface area contributed by atoms with Gasteiger partial charge in [0.1, 0.15) is 6.61 Å². The molecular formula is C26H38N2O5. The number of esters is 2. The van der Waals surface area contributed by atoms with Crippen LogP contribution >= 0.6 is 0 Å². The van der Waals surface area contributed by atoms with Crippen molar-refractivity contribution in [2.24, 2.45) is 11.8 Å². The molecule has 3 unspecified atom stereocenters. The minimum atomic E-state index is -0.580. The summed E-state index contributed by atoms with van der Waals surface area (Å²) in [5.74, 6) is -0.170. The summed E-state index contributed by atoms with van der Waals surface area (Å²) in [7, 11) is 0. The third-order valence-electron chi connectivity index (χ3n) is 6.02. The Balaban J connectivity index is 0.000000234. The van der Waals surface area contributed by atoms with Crippen molar-refractivity contribution in [2.75, 3.05) is 39.4 Å². The SMILES string of the molecule is CCNCC(O)C1=C/C=C/C(=O)OC\C=C\1C.CCNCCC1=C(C)C2COC(=O)C2C=C1. The maximum Gasteiger partial charge on any atom is 0.331 e. The van der Waals surface area contributed by atoms with Gasteiger partial charge in [0.25, 0.3) is 0 Å². The van der Waals surface area contributed by atoms with Gasteiger partial charge in [0.05, 0.1) is 18.6 Å². The van der Waals surface area contributed by atoms with Gasteiger partial charge in [-0.05, 0) is 62.7 Å². The molecular weight excluding hydrogens is 420 g/mol. The zero-order valence-corrected chi connectivity index (χ0v) is 20.2. The fourth-order valence-electron chi connectivity index (χ4n) is 3.95. The highest BCUT2D eigenvalue weighted by Crippen LogP contribution is 2.36. The van der Waals surface area contributed by atoms with Crippen molar-refractivity contribution in [2.45, 2.75) is 40.2 Å². The van der Waals surface area contributed by atoms with E-state index in [0.29, 0.717) is 13.2 Å². The van der Waals surface area contributed by atoms with Crippen molar-refractivity contribution in [3.63, 3.8) is 0 Å². The van der Waals surface area contributed by atoms with Crippen LogP contribution in [0.5, 0.6) is 0 Å². The second-order valence-electron chi connectivity index (χ2n) is 8.26. The lowest BCUT2D eigenvalue weighted by Gasteiger charge is -2.21. The Morgan fingerprint density at radius 3 is 2.61 bits per heavy atom. The van der Waals surface area contributed by atoms with Gasteiger partial charge in [-0.15, -0.1) is 0 Å². The molecule has 3 aliphatic rings. The van der Waals surface area contributed by atoms with E-state index in [1.165, 1.54) is 17.2 Å². The van der Waals surface area contributed by atoms with Crippen LogP contribution in [0.4, 0.5) is 0 Å². The molecule has 0 spiro atoms. The van der Waals surface area contributed by atoms with Crippen molar-refractivity contribution >= 4 is 11.9 Å². The lowest BCUT2D eigenvalue weighted by atomic mass is 9.81. The summed E-state index contributed by atoms with van der Waals surface area (Å²) in [5, 5.41) is 16.4. The van der Waals surface area contributed by atoms with Gasteiger partial charge in [-0.3, -0.25) is 4.79 Å². The second kappa shape index (κ2) is 13.9. The number of aliphatic hydroxyl groups excluding tert-OH is 1. The molecule has 1 saturated heterocycles. The predicted octanol–water partition coefficient (Wildman–Crippen LogP) is 2.60. The van der Waals surface area contributed by atoms with E-state index >= 15 is 0 Å². The van der Waals surface area contributed by atoms with Gasteiger partial charge in [0, 0.05) is 18.5 Å². The summed E-state index contributed by atoms with van der Waals surface area (Å²) in [5.41, 5.74) is 4.42. The minimum absolute atomic E-state index is 0.0251. The Hall–Kier alpha value is -2.48. The van der Waals surface area contributed by atoms with Gasteiger partial charge in [-0.1, -0.05) is 43.7 Å². The van der Waals surface area contributed by atoms with Gasteiger partial charge >= 0.3 is 11.9 Å². The van der Waals surface area contributed by atoms with Crippen molar-refractivity contribution in [3.8, 4) is 0 Å². The van der Waals surface area contributed by atoms with Crippen molar-refractivity contribution in [1.29, 1.82) is 0 Å². The highest BCUT2D eigenvalue weighted by molar-refractivity contribution is 5.82. The lowest BCUT2D eigenvalue weighted by molar-refractivity contribution is -0.140. The zero-order chi connectivity index (χ0) is 24.2. The predicted molar refractivity (Wildman–Crippen MR) is 129 cm³/mol. The molecule has 1 fully saturated rings. The number of allylic oxidation sites excluding steroid dienone is 3. The van der Waals surface area contributed by atoms with E-state index in [-0.39, 0.29) is 30.4 Å². The number of carbonyl (C=O) groups is 2. The Labute approximate surface area is 197 Å². The normalized spacial score (nSPS) is 27.3. The monoisotopic (exact) mass is 458 g/mol. The topological polar surface area (TPSA) is 96.9 Å². The number of ether oxygens (including phenoxy) is 2. The van der Waals surface area contributed by atoms with Crippen LogP contribution in [0, 0.1) is 11.8 Å². The average molecular weight is 459 g/mol. The standard InChI is InChI=1S/C13H19NO3.C13H19NO2/c1-3-14-9-12(15)11-5-4-6-13(16)17-8-7-10(11)2;1-3-14-7-6-10-4-5-11-12(9(10)2)8-16-13(11)15/h4-7,12,14-15H,3,8-9H2,1-2H3;4-5,11-12,14H,3,6-8H2,1-2H3/b6-4+,10-7+,11-5+;. The molecule has 7 heteroatoms. The van der Waals surface area contributed by atoms with Crippen LogP contribution in [0.15, 0.2) is 58.7 Å². The molecule has 0 saturated carbocycles. The van der Waals surface area contributed by atoms with Gasteiger partial charge < -0.3 is 25.2 Å². The molecule has 0 bridgehead atoms. The molecule has 0 radical (unpaired) electrons. The van der Waals surface area contributed by atoms with Crippen LogP contribution in [-0.4, -0.2) is 62.5 Å². The first-order valence-electron chi connectivity index (χ1n) is 11.7. The highest BCUT2D eigenvalue weighted by atomic mass is 16.5. The second-order valence-corrected chi connectivity index (χ2v) is 8.26. The summed E-state index contributed by atoms with van der Waals surface area (Å²) in [6.45, 7) is 12.2. The Kier molecular flexibility index (Phi) is 11.3. The first kappa shape index (κ1) is 26.8. The fraction of sp³-hybridized carbons (Fsp3) is 0.538. The lowest BCUT2D eigenvalue weighted by Crippen LogP contribution is -2.28. The van der Waals surface area contributed by atoms with Crippen LogP contribution in [0.25, 0.3) is 0 Å². The van der Waals surface area contributed by atoms with E-state index in [0.717, 1.165) is 37.2 Å². The van der Waals surface area contributed by atoms with Gasteiger partial charge in [0.15, 0.2) is 0 Å². The van der Waals surface area contributed by atoms with E-state index in [1.54, 1.807) is 18.2 Å². The van der Waals surface area contributed by atoms with Crippen LogP contribution in [0.3, 0.4) is 0 Å². The first-order valence-corrected chi connectivity index (χ1v) is 11.7. The van der Waals surface area contributed by atoms with Crippen molar-refractivity contribution < 1.29 is 24.2 Å². The Bertz CT molecular complexity index is 838. The van der Waals surface area contributed by atoms with Crippen LogP contribution in [0.1, 0.15) is 34.1 Å². The van der Waals surface area contributed by atoms with Gasteiger partial charge in [0.2, 0.25) is 0 Å². The summed E-state index contributed by atoms with van der Waals surface area (Å²) in [6, 6.07) is 0. The van der Waals surface area contributed by atoms with E-state index < -0.39 is 6.10 Å². The third-order valence-corrected chi connectivity index (χ3v) is 6.02. The van der Waals surface area contributed by atoms with E-state index in [4.69, 9.17) is 9.47 Å². The molecule has 1 aliphatic carbocycles. The average Bonchev–Trinajstić information content (AvgIpc) is 3.21. The van der Waals surface area contributed by atoms with E-state index in [9.17, 15) is 14.7 Å². The maximum absolute atomic E-state index is 11.4. The molecule has 2 aliphatic heterocycles. The quantitative estimate of drug-likeness (QED) is 0.380. The number of nitrogens with one attached hydrogen (secondary N) is 2. The number of likely N-dealkylation sites (N-methyl/N-ethyl adjacent to an activating group) is 1. The van der Waals surface area contributed by atoms with Crippen LogP contribution in [0.2, 0.25) is 0 Å². The summed E-state index contributed by atoms with van der Waals surface area (Å²) in [6.07, 6.45) is 11.1. The summed E-state index contributed by atoms with van der Waals surface area (Å²) < 4.78 is 10.0.